The predicted molar refractivity (Wildman–Crippen MR) is 248 cm³/mol. The van der Waals surface area contributed by atoms with Gasteiger partial charge in [-0.25, -0.2) is 25.7 Å². The lowest BCUT2D eigenvalue weighted by molar-refractivity contribution is -0.370. The molecule has 0 saturated carbocycles. The van der Waals surface area contributed by atoms with Crippen LogP contribution in [0.4, 0.5) is 0 Å². The zero-order valence-electron chi connectivity index (χ0n) is 41.8. The maximum Gasteiger partial charge on any atom is 0.397 e. The third-order valence-electron chi connectivity index (χ3n) is 12.5. The number of nitrogens with one attached hydrogen (secondary N) is 3. The van der Waals surface area contributed by atoms with Crippen LogP contribution < -0.4 is 14.8 Å². The Balaban J connectivity index is 1.39. The Morgan fingerprint density at radius 2 is 0.953 bits per heavy atom. The summed E-state index contributed by atoms with van der Waals surface area (Å²) in [7, 11) is -39.6. The van der Waals surface area contributed by atoms with E-state index < -0.39 is 258 Å². The molecule has 0 spiro atoms. The average Bonchev–Trinajstić information content (AvgIpc) is 1.83. The molecule has 0 radical (unpaired) electrons. The maximum atomic E-state index is 13.7. The number of aliphatic hydroxyl groups is 6. The van der Waals surface area contributed by atoms with E-state index in [0.717, 1.165) is 7.11 Å². The Kier molecular flexibility index (Phi) is 23.0. The number of carboxylic acids is 1. The first kappa shape index (κ1) is 72.5. The standard InChI is InChI=1S/C31H51N3O45S7/c1-65-27-9(33-80(44,45)46)13(37)17(6(70-27)3-67-83(53,54)55)72-31-22(79-86(62,63)64)16(40)21(24(77-31)26(42)43)75-29-10(34-81(47,48)49)19(78-85(59,60)61)18(7(71-29)4-68-84(56,57)58)73-30-15(39)14(38)20-23(76-30)25(41)32-8-12(36)11(35)5(69-28(8)74-20)2-66-82(50,51)52/h5-24,27-31,33-40H,2-4H2,1H3,(H,32,41)(H,42,43)(H,44,45,46)(H,47,48,49)(H,50,51,52)(H,53,54,55)(H,56,57,58)(H,59,60,61)(H,62,63,64)/t5-,6-,7-,8-,9-,10-,11-,12-,13-,14-,15-,16+,17-,18-,19-,20+,21+,22-,23+,24-,27+,28-,29-,30-,31-/m1/s1. The molecule has 502 valence electrons. The van der Waals surface area contributed by atoms with Crippen molar-refractivity contribution in [3.8, 4) is 0 Å². The molecule has 1 amide bonds. The molecule has 6 heterocycles. The van der Waals surface area contributed by atoms with Crippen LogP contribution in [0, 0.1) is 0 Å². The van der Waals surface area contributed by atoms with Crippen molar-refractivity contribution in [2.45, 2.75) is 153 Å². The van der Waals surface area contributed by atoms with Crippen molar-refractivity contribution in [3.63, 3.8) is 0 Å². The lowest BCUT2D eigenvalue weighted by atomic mass is 9.94. The number of methoxy groups -OCH3 is 1. The molecule has 0 unspecified atom stereocenters. The van der Waals surface area contributed by atoms with Gasteiger partial charge in [0, 0.05) is 7.11 Å². The minimum Gasteiger partial charge on any atom is -0.479 e. The third kappa shape index (κ3) is 19.2. The summed E-state index contributed by atoms with van der Waals surface area (Å²) in [5.41, 5.74) is 0. The van der Waals surface area contributed by atoms with E-state index in [2.05, 4.69) is 26.2 Å². The summed E-state index contributed by atoms with van der Waals surface area (Å²) < 4.78 is 313. The van der Waals surface area contributed by atoms with E-state index in [1.165, 1.54) is 9.44 Å². The second-order valence-corrected chi connectivity index (χ2v) is 26.0. The highest BCUT2D eigenvalue weighted by molar-refractivity contribution is 7.84. The largest absolute Gasteiger partial charge is 0.479 e. The molecule has 6 saturated heterocycles. The number of aliphatic carboxylic acids is 1. The van der Waals surface area contributed by atoms with E-state index in [4.69, 9.17) is 51.9 Å². The minimum atomic E-state index is -6.24. The van der Waals surface area contributed by atoms with Crippen LogP contribution in [0.5, 0.6) is 0 Å². The van der Waals surface area contributed by atoms with E-state index in [-0.39, 0.29) is 0 Å². The molecule has 6 rings (SSSR count). The normalized spacial score (nSPS) is 40.6. The van der Waals surface area contributed by atoms with Crippen molar-refractivity contribution in [1.29, 1.82) is 0 Å². The van der Waals surface area contributed by atoms with Crippen LogP contribution in [0.3, 0.4) is 0 Å². The van der Waals surface area contributed by atoms with Gasteiger partial charge in [0.15, 0.2) is 49.8 Å². The fraction of sp³-hybridized carbons (Fsp3) is 0.935. The van der Waals surface area contributed by atoms with Gasteiger partial charge < -0.3 is 88.4 Å². The summed E-state index contributed by atoms with van der Waals surface area (Å²) in [4.78, 5) is 26.7. The molecule has 6 aliphatic heterocycles. The molecule has 55 heteroatoms. The summed E-state index contributed by atoms with van der Waals surface area (Å²) in [6.45, 7) is -4.64. The van der Waals surface area contributed by atoms with Crippen LogP contribution in [0.25, 0.3) is 0 Å². The number of hydrogen-bond acceptors (Lipinski definition) is 37. The lowest BCUT2D eigenvalue weighted by Crippen LogP contribution is -2.71. The smallest absolute Gasteiger partial charge is 0.397 e. The highest BCUT2D eigenvalue weighted by Crippen LogP contribution is 2.39. The topological polar surface area (TPSA) is 731 Å². The molecule has 48 nitrogen and oxygen atoms in total. The second-order valence-electron chi connectivity index (χ2n) is 18.3. The molecule has 6 aliphatic rings. The molecule has 0 aromatic heterocycles. The number of carboxylic acid groups (broad SMARTS) is 1. The van der Waals surface area contributed by atoms with Crippen molar-refractivity contribution >= 4 is 84.5 Å². The Morgan fingerprint density at radius 1 is 0.477 bits per heavy atom. The van der Waals surface area contributed by atoms with Crippen LogP contribution in [0.2, 0.25) is 0 Å². The predicted octanol–water partition coefficient (Wildman–Crippen LogP) is -13.1. The lowest BCUT2D eigenvalue weighted by Gasteiger charge is -2.50. The van der Waals surface area contributed by atoms with Crippen LogP contribution in [0.15, 0.2) is 0 Å². The van der Waals surface area contributed by atoms with Crippen molar-refractivity contribution in [3.05, 3.63) is 0 Å². The highest BCUT2D eigenvalue weighted by Gasteiger charge is 2.62. The zero-order chi connectivity index (χ0) is 64.9. The number of hydrogen-bond donors (Lipinski definition) is 17. The number of carbonyl (C=O) groups is 2. The van der Waals surface area contributed by atoms with Gasteiger partial charge in [-0.15, -0.1) is 0 Å². The first-order chi connectivity index (χ1) is 39.1. The SMILES string of the molecule is CO[C@H]1O[C@H](COS(=O)(=O)O)[C@@H](O[C@@H]2O[C@@H](C(=O)O)[C@@H](O[C@H]3O[C@H](COS(=O)(=O)O)[C@@H](O[C@@H]4O[C@@H]5C(=O)N[C@H]6[C@@H](O[C@H]5[C@H](O)[C@H]4O)O[C@H](COS(=O)(=O)O)[C@@H](O)[C@@H]6O)[C@H](OS(=O)(=O)O)[C@H]3NS(=O)(=O)O)[C@H](O)[C@H]2OS(=O)(=O)O)[C@H](O)[C@H]1NS(=O)(=O)O. The van der Waals surface area contributed by atoms with E-state index in [1.54, 1.807) is 0 Å². The summed E-state index contributed by atoms with van der Waals surface area (Å²) in [5.74, 6) is -3.95. The van der Waals surface area contributed by atoms with Crippen LogP contribution in [-0.4, -0.2) is 319 Å². The number of amides is 1. The highest BCUT2D eigenvalue weighted by atomic mass is 32.3. The third-order valence-corrected chi connectivity index (χ3v) is 15.8. The fourth-order valence-electron chi connectivity index (χ4n) is 9.10. The van der Waals surface area contributed by atoms with Crippen molar-refractivity contribution < 1.29 is 204 Å². The van der Waals surface area contributed by atoms with Gasteiger partial charge in [0.25, 0.3) is 5.91 Å². The van der Waals surface area contributed by atoms with E-state index in [9.17, 15) is 132 Å². The molecule has 86 heavy (non-hydrogen) atoms. The summed E-state index contributed by atoms with van der Waals surface area (Å²) >= 11 is 0. The Labute approximate surface area is 482 Å². The first-order valence-electron chi connectivity index (χ1n) is 22.8. The van der Waals surface area contributed by atoms with Gasteiger partial charge in [0.05, 0.1) is 19.8 Å². The number of fused-ring (bicyclic) bond motifs is 2. The van der Waals surface area contributed by atoms with Crippen molar-refractivity contribution in [2.24, 2.45) is 0 Å². The minimum absolute atomic E-state index is 0.760. The van der Waals surface area contributed by atoms with Gasteiger partial charge in [-0.2, -0.15) is 68.4 Å². The van der Waals surface area contributed by atoms with Gasteiger partial charge in [-0.3, -0.25) is 36.7 Å². The van der Waals surface area contributed by atoms with Gasteiger partial charge in [-0.1, -0.05) is 0 Å². The number of rotatable bonds is 25. The molecule has 25 atom stereocenters. The maximum absolute atomic E-state index is 13.7. The van der Waals surface area contributed by atoms with Crippen LogP contribution in [0.1, 0.15) is 0 Å². The molecule has 0 bridgehead atoms. The Hall–Kier alpha value is -2.61. The Morgan fingerprint density at radius 3 is 1.45 bits per heavy atom. The van der Waals surface area contributed by atoms with Gasteiger partial charge in [0.1, 0.15) is 104 Å². The number of aliphatic hydroxyl groups excluding tert-OH is 6. The molecule has 0 aromatic carbocycles. The van der Waals surface area contributed by atoms with Crippen molar-refractivity contribution in [2.75, 3.05) is 26.9 Å². The second kappa shape index (κ2) is 27.3. The molecule has 6 fully saturated rings. The van der Waals surface area contributed by atoms with Crippen molar-refractivity contribution in [1.82, 2.24) is 14.8 Å². The molecule has 17 N–H and O–H groups in total. The summed E-state index contributed by atoms with van der Waals surface area (Å²) in [5, 5.41) is 79.7. The number of ether oxygens (including phenoxy) is 10. The molecular formula is C31H51N3O45S7. The zero-order valence-corrected chi connectivity index (χ0v) is 47.5. The quantitative estimate of drug-likeness (QED) is 0.0377. The molecule has 0 aliphatic carbocycles. The molecule has 0 aromatic rings. The summed E-state index contributed by atoms with van der Waals surface area (Å²) in [6, 6.07) is -7.34. The van der Waals surface area contributed by atoms with E-state index in [1.807, 2.05) is 0 Å². The first-order valence-corrected chi connectivity index (χ1v) is 32.5. The van der Waals surface area contributed by atoms with Crippen LogP contribution >= 0.6 is 0 Å². The van der Waals surface area contributed by atoms with Gasteiger partial charge in [0.2, 0.25) is 0 Å². The monoisotopic (exact) mass is 1410 g/mol. The summed E-state index contributed by atoms with van der Waals surface area (Å²) in [6.07, 6.45) is -58.5. The van der Waals surface area contributed by atoms with Gasteiger partial charge >= 0.3 is 78.6 Å². The van der Waals surface area contributed by atoms with Gasteiger partial charge in [-0.05, 0) is 0 Å². The molecular weight excluding hydrogens is 1360 g/mol. The van der Waals surface area contributed by atoms with E-state index >= 15 is 0 Å². The van der Waals surface area contributed by atoms with E-state index in [0.29, 0.717) is 0 Å². The fourth-order valence-corrected chi connectivity index (χ4v) is 12.2. The average molecular weight is 1410 g/mol. The number of carbonyl (C=O) groups excluding carboxylic acids is 1. The van der Waals surface area contributed by atoms with Crippen LogP contribution in [-0.2, 0) is 150 Å². The Bertz CT molecular complexity index is 3230.